The number of esters is 1. The van der Waals surface area contributed by atoms with Crippen LogP contribution in [-0.2, 0) is 20.7 Å². The fourth-order valence-electron chi connectivity index (χ4n) is 6.06. The number of aliphatic imine (C=N–C) groups is 1. The van der Waals surface area contributed by atoms with Crippen LogP contribution in [0.3, 0.4) is 0 Å². The van der Waals surface area contributed by atoms with Crippen molar-refractivity contribution in [1.82, 2.24) is 9.88 Å². The van der Waals surface area contributed by atoms with Gasteiger partial charge < -0.3 is 24.5 Å². The van der Waals surface area contributed by atoms with E-state index >= 15 is 0 Å². The Balaban J connectivity index is 1.33. The van der Waals surface area contributed by atoms with Crippen molar-refractivity contribution in [1.29, 1.82) is 0 Å². The van der Waals surface area contributed by atoms with Crippen LogP contribution in [0.5, 0.6) is 5.88 Å². The van der Waals surface area contributed by atoms with Gasteiger partial charge in [-0.1, -0.05) is 36.4 Å². The van der Waals surface area contributed by atoms with E-state index in [0.717, 1.165) is 47.4 Å². The number of nitrogens with zero attached hydrogens (tertiary/aromatic N) is 3. The normalized spacial score (nSPS) is 19.2. The maximum absolute atomic E-state index is 13.3. The van der Waals surface area contributed by atoms with Crippen molar-refractivity contribution in [3.05, 3.63) is 89.0 Å². The minimum absolute atomic E-state index is 0.0423. The molecular formula is C33H34N4O5. The van der Waals surface area contributed by atoms with Gasteiger partial charge in [-0.05, 0) is 56.2 Å². The van der Waals surface area contributed by atoms with Crippen LogP contribution in [0.15, 0.2) is 71.7 Å². The molecule has 216 valence electrons. The van der Waals surface area contributed by atoms with Gasteiger partial charge in [-0.2, -0.15) is 0 Å². The first kappa shape index (κ1) is 27.7. The average molecular weight is 567 g/mol. The van der Waals surface area contributed by atoms with Gasteiger partial charge in [0.2, 0.25) is 5.91 Å². The zero-order valence-corrected chi connectivity index (χ0v) is 24.0. The summed E-state index contributed by atoms with van der Waals surface area (Å²) in [7, 11) is 1.33. The minimum atomic E-state index is -0.454. The van der Waals surface area contributed by atoms with Gasteiger partial charge in [0.25, 0.3) is 0 Å². The molecule has 0 bridgehead atoms. The largest absolute Gasteiger partial charge is 0.494 e. The topological polar surface area (TPSA) is 107 Å². The molecule has 2 atom stereocenters. The molecule has 42 heavy (non-hydrogen) atoms. The molecule has 9 nitrogen and oxygen atoms in total. The van der Waals surface area contributed by atoms with Gasteiger partial charge in [0.1, 0.15) is 0 Å². The number of aromatic hydroxyl groups is 1. The molecule has 2 aliphatic rings. The van der Waals surface area contributed by atoms with Crippen molar-refractivity contribution < 1.29 is 24.2 Å². The second-order valence-corrected chi connectivity index (χ2v) is 11.0. The number of H-pyrrole nitrogens is 1. The summed E-state index contributed by atoms with van der Waals surface area (Å²) in [6.45, 7) is 6.58. The molecule has 4 aromatic rings. The van der Waals surface area contributed by atoms with Crippen molar-refractivity contribution >= 4 is 39.9 Å². The number of morpholine rings is 1. The predicted octanol–water partition coefficient (Wildman–Crippen LogP) is 4.83. The summed E-state index contributed by atoms with van der Waals surface area (Å²) in [6.07, 6.45) is 0.964. The summed E-state index contributed by atoms with van der Waals surface area (Å²) in [4.78, 5) is 37.4. The highest BCUT2D eigenvalue weighted by molar-refractivity contribution is 6.22. The molecule has 1 aromatic heterocycles. The minimum Gasteiger partial charge on any atom is -0.494 e. The van der Waals surface area contributed by atoms with E-state index < -0.39 is 5.97 Å². The molecule has 3 aromatic carbocycles. The summed E-state index contributed by atoms with van der Waals surface area (Å²) in [5, 5.41) is 11.8. The van der Waals surface area contributed by atoms with E-state index in [9.17, 15) is 14.7 Å². The Hall–Kier alpha value is -4.47. The van der Waals surface area contributed by atoms with E-state index in [1.165, 1.54) is 7.11 Å². The number of amides is 1. The van der Waals surface area contributed by atoms with E-state index in [-0.39, 0.29) is 24.0 Å². The third-order valence-corrected chi connectivity index (χ3v) is 7.84. The summed E-state index contributed by atoms with van der Waals surface area (Å²) in [5.41, 5.74) is 5.64. The predicted molar refractivity (Wildman–Crippen MR) is 162 cm³/mol. The van der Waals surface area contributed by atoms with Gasteiger partial charge in [0, 0.05) is 41.8 Å². The molecule has 3 heterocycles. The monoisotopic (exact) mass is 566 g/mol. The van der Waals surface area contributed by atoms with E-state index in [1.54, 1.807) is 18.2 Å². The Labute approximate surface area is 244 Å². The number of hydrogen-bond donors (Lipinski definition) is 2. The Kier molecular flexibility index (Phi) is 7.53. The second kappa shape index (κ2) is 11.4. The van der Waals surface area contributed by atoms with Crippen LogP contribution in [0.4, 0.5) is 11.4 Å². The van der Waals surface area contributed by atoms with Gasteiger partial charge in [-0.25, -0.2) is 9.79 Å². The van der Waals surface area contributed by atoms with Gasteiger partial charge in [-0.15, -0.1) is 0 Å². The summed E-state index contributed by atoms with van der Waals surface area (Å²) in [6, 6.07) is 20.7. The Bertz CT molecular complexity index is 1670. The third-order valence-electron chi connectivity index (χ3n) is 7.84. The van der Waals surface area contributed by atoms with Gasteiger partial charge in [0.15, 0.2) is 5.88 Å². The first-order valence-electron chi connectivity index (χ1n) is 14.2. The number of nitrogens with one attached hydrogen (secondary N) is 1. The highest BCUT2D eigenvalue weighted by atomic mass is 16.5. The molecule has 2 unspecified atom stereocenters. The van der Waals surface area contributed by atoms with Crippen LogP contribution < -0.4 is 4.90 Å². The average Bonchev–Trinajstić information content (AvgIpc) is 3.55. The maximum atomic E-state index is 13.3. The third kappa shape index (κ3) is 5.41. The highest BCUT2D eigenvalue weighted by Gasteiger charge is 2.29. The molecule has 0 saturated carbocycles. The number of methoxy groups -OCH3 is 1. The quantitative estimate of drug-likeness (QED) is 0.256. The second-order valence-electron chi connectivity index (χ2n) is 11.0. The molecule has 0 radical (unpaired) electrons. The van der Waals surface area contributed by atoms with Crippen molar-refractivity contribution in [2.45, 2.75) is 32.5 Å². The Morgan fingerprint density at radius 1 is 1.02 bits per heavy atom. The first-order chi connectivity index (χ1) is 20.3. The van der Waals surface area contributed by atoms with Crippen LogP contribution in [0.25, 0.3) is 10.9 Å². The number of anilines is 1. The van der Waals surface area contributed by atoms with Crippen molar-refractivity contribution in [3.8, 4) is 5.88 Å². The molecule has 1 fully saturated rings. The lowest BCUT2D eigenvalue weighted by Gasteiger charge is -2.35. The Morgan fingerprint density at radius 3 is 2.52 bits per heavy atom. The number of aromatic amines is 1. The van der Waals surface area contributed by atoms with Crippen LogP contribution in [0, 0.1) is 0 Å². The summed E-state index contributed by atoms with van der Waals surface area (Å²) >= 11 is 0. The fourth-order valence-corrected chi connectivity index (χ4v) is 6.06. The lowest BCUT2D eigenvalue weighted by atomic mass is 10.00. The van der Waals surface area contributed by atoms with Gasteiger partial charge >= 0.3 is 5.97 Å². The van der Waals surface area contributed by atoms with Crippen molar-refractivity contribution in [2.75, 3.05) is 38.2 Å². The number of aromatic nitrogens is 1. The van der Waals surface area contributed by atoms with Gasteiger partial charge in [-0.3, -0.25) is 9.69 Å². The van der Waals surface area contributed by atoms with Crippen molar-refractivity contribution in [3.63, 3.8) is 0 Å². The standard InChI is InChI=1S/C33H34N4O5/c1-20-17-36(18-21(2)42-20)19-29(38)37-14-13-23-15-25(10-12-28(23)37)34-31(22-7-5-4-6-8-22)30-26-11-9-24(33(40)41-3)16-27(26)35-32(30)39/h4-12,15-16,20-21,35,39H,13-14,17-19H2,1-3H3. The summed E-state index contributed by atoms with van der Waals surface area (Å²) < 4.78 is 10.7. The molecule has 0 spiro atoms. The smallest absolute Gasteiger partial charge is 0.337 e. The molecular weight excluding hydrogens is 532 g/mol. The molecule has 2 aliphatic heterocycles. The van der Waals surface area contributed by atoms with Crippen molar-refractivity contribution in [2.24, 2.45) is 4.99 Å². The van der Waals surface area contributed by atoms with E-state index in [4.69, 9.17) is 14.5 Å². The molecule has 2 N–H and O–H groups in total. The fraction of sp³-hybridized carbons (Fsp3) is 0.303. The zero-order valence-electron chi connectivity index (χ0n) is 24.0. The van der Waals surface area contributed by atoms with Crippen LogP contribution in [-0.4, -0.2) is 78.1 Å². The lowest BCUT2D eigenvalue weighted by Crippen LogP contribution is -2.49. The number of benzene rings is 3. The molecule has 1 amide bonds. The number of rotatable bonds is 6. The van der Waals surface area contributed by atoms with E-state index in [2.05, 4.69) is 9.88 Å². The number of carbonyl (C=O) groups is 2. The van der Waals surface area contributed by atoms with E-state index in [0.29, 0.717) is 35.4 Å². The van der Waals surface area contributed by atoms with Crippen LogP contribution >= 0.6 is 0 Å². The number of fused-ring (bicyclic) bond motifs is 2. The van der Waals surface area contributed by atoms with Gasteiger partial charge in [0.05, 0.1) is 48.4 Å². The van der Waals surface area contributed by atoms with E-state index in [1.807, 2.05) is 67.3 Å². The summed E-state index contributed by atoms with van der Waals surface area (Å²) in [5.74, 6) is -0.408. The van der Waals surface area contributed by atoms with Crippen LogP contribution in [0.1, 0.15) is 40.9 Å². The number of ether oxygens (including phenoxy) is 2. The number of hydrogen-bond acceptors (Lipinski definition) is 7. The molecule has 0 aliphatic carbocycles. The molecule has 9 heteroatoms. The highest BCUT2D eigenvalue weighted by Crippen LogP contribution is 2.35. The first-order valence-corrected chi connectivity index (χ1v) is 14.2. The maximum Gasteiger partial charge on any atom is 0.337 e. The number of carbonyl (C=O) groups excluding carboxylic acids is 2. The molecule has 1 saturated heterocycles. The zero-order chi connectivity index (χ0) is 29.4. The molecule has 6 rings (SSSR count). The van der Waals surface area contributed by atoms with Crippen LogP contribution in [0.2, 0.25) is 0 Å². The lowest BCUT2D eigenvalue weighted by molar-refractivity contribution is -0.123. The SMILES string of the molecule is COC(=O)c1ccc2c(C(=Nc3ccc4c(c3)CCN4C(=O)CN3CC(C)OC(C)C3)c3ccccc3)c(O)[nH]c2c1. The Morgan fingerprint density at radius 2 is 1.79 bits per heavy atom.